The van der Waals surface area contributed by atoms with Crippen LogP contribution in [0.15, 0.2) is 12.1 Å². The van der Waals surface area contributed by atoms with Crippen LogP contribution in [0.4, 0.5) is 13.2 Å². The van der Waals surface area contributed by atoms with E-state index in [9.17, 15) is 18.0 Å². The number of alkyl halides is 3. The molecule has 0 aromatic heterocycles. The lowest BCUT2D eigenvalue weighted by atomic mass is 9.98. The summed E-state index contributed by atoms with van der Waals surface area (Å²) in [4.78, 5) is 11.5. The Bertz CT molecular complexity index is 565. The number of nitriles is 1. The number of nitrogens with zero attached hydrogens (tertiary/aromatic N) is 1. The molecular formula is C13H13F3N2O3. The quantitative estimate of drug-likeness (QED) is 0.841. The summed E-state index contributed by atoms with van der Waals surface area (Å²) in [6, 6.07) is 3.71. The molecule has 21 heavy (non-hydrogen) atoms. The van der Waals surface area contributed by atoms with Gasteiger partial charge in [0.25, 0.3) is 0 Å². The molecule has 0 aliphatic heterocycles. The highest BCUT2D eigenvalue weighted by atomic mass is 19.4. The van der Waals surface area contributed by atoms with Crippen molar-refractivity contribution in [1.29, 1.82) is 5.26 Å². The van der Waals surface area contributed by atoms with Crippen molar-refractivity contribution in [2.45, 2.75) is 26.3 Å². The predicted octanol–water partition coefficient (Wildman–Crippen LogP) is 2.02. The number of halogens is 3. The number of nitrogens with two attached hydrogens (primary N) is 1. The fraction of sp³-hybridized carbons (Fsp3) is 0.385. The first-order chi connectivity index (χ1) is 9.80. The first-order valence-corrected chi connectivity index (χ1v) is 5.98. The van der Waals surface area contributed by atoms with Crippen LogP contribution in [0.25, 0.3) is 0 Å². The largest absolute Gasteiger partial charge is 0.573 e. The van der Waals surface area contributed by atoms with E-state index < -0.39 is 18.1 Å². The lowest BCUT2D eigenvalue weighted by Gasteiger charge is -2.14. The fourth-order valence-corrected chi connectivity index (χ4v) is 1.74. The smallest absolute Gasteiger partial charge is 0.466 e. The van der Waals surface area contributed by atoms with Crippen LogP contribution >= 0.6 is 0 Å². The van der Waals surface area contributed by atoms with Gasteiger partial charge in [-0.25, -0.2) is 0 Å². The molecule has 0 amide bonds. The molecule has 5 nitrogen and oxygen atoms in total. The van der Waals surface area contributed by atoms with Crippen LogP contribution in [0.2, 0.25) is 0 Å². The molecule has 1 aromatic rings. The first kappa shape index (κ1) is 16.8. The van der Waals surface area contributed by atoms with Crippen molar-refractivity contribution in [1.82, 2.24) is 0 Å². The van der Waals surface area contributed by atoms with E-state index in [1.165, 1.54) is 0 Å². The molecule has 0 bridgehead atoms. The highest BCUT2D eigenvalue weighted by molar-refractivity contribution is 5.74. The Morgan fingerprint density at radius 1 is 1.43 bits per heavy atom. The number of rotatable bonds is 5. The normalized spacial score (nSPS) is 10.9. The summed E-state index contributed by atoms with van der Waals surface area (Å²) < 4.78 is 45.2. The lowest BCUT2D eigenvalue weighted by molar-refractivity contribution is -0.274. The Morgan fingerprint density at radius 3 is 2.57 bits per heavy atom. The second-order valence-corrected chi connectivity index (χ2v) is 3.95. The zero-order valence-electron chi connectivity index (χ0n) is 11.2. The Hall–Kier alpha value is -2.27. The molecule has 1 aromatic carbocycles. The monoisotopic (exact) mass is 302 g/mol. The van der Waals surface area contributed by atoms with Crippen molar-refractivity contribution in [2.75, 3.05) is 6.61 Å². The Morgan fingerprint density at radius 2 is 2.10 bits per heavy atom. The number of esters is 1. The van der Waals surface area contributed by atoms with Gasteiger partial charge in [0.2, 0.25) is 0 Å². The molecular weight excluding hydrogens is 289 g/mol. The SMILES string of the molecule is CCOC(=O)Cc1c(C#N)cc(OC(F)(F)F)cc1CN. The molecule has 0 saturated carbocycles. The molecule has 1 rings (SSSR count). The van der Waals surface area contributed by atoms with Crippen molar-refractivity contribution in [3.05, 3.63) is 28.8 Å². The molecule has 0 radical (unpaired) electrons. The van der Waals surface area contributed by atoms with Crippen molar-refractivity contribution in [3.63, 3.8) is 0 Å². The molecule has 0 fully saturated rings. The minimum Gasteiger partial charge on any atom is -0.466 e. The van der Waals surface area contributed by atoms with Crippen LogP contribution in [0.5, 0.6) is 5.75 Å². The van der Waals surface area contributed by atoms with Crippen molar-refractivity contribution < 1.29 is 27.4 Å². The molecule has 0 spiro atoms. The van der Waals surface area contributed by atoms with Gasteiger partial charge in [-0.1, -0.05) is 0 Å². The van der Waals surface area contributed by atoms with Crippen LogP contribution in [0.1, 0.15) is 23.6 Å². The van der Waals surface area contributed by atoms with E-state index >= 15 is 0 Å². The van der Waals surface area contributed by atoms with Gasteiger partial charge in [-0.05, 0) is 30.2 Å². The number of benzene rings is 1. The number of hydrogen-bond donors (Lipinski definition) is 1. The topological polar surface area (TPSA) is 85.3 Å². The van der Waals surface area contributed by atoms with Crippen molar-refractivity contribution in [2.24, 2.45) is 5.73 Å². The second kappa shape index (κ2) is 6.95. The average molecular weight is 302 g/mol. The van der Waals surface area contributed by atoms with Crippen LogP contribution < -0.4 is 10.5 Å². The molecule has 0 aliphatic carbocycles. The van der Waals surface area contributed by atoms with Crippen LogP contribution in [0.3, 0.4) is 0 Å². The molecule has 114 valence electrons. The molecule has 0 unspecified atom stereocenters. The van der Waals surface area contributed by atoms with E-state index in [2.05, 4.69) is 4.74 Å². The van der Waals surface area contributed by atoms with Gasteiger partial charge in [-0.3, -0.25) is 4.79 Å². The zero-order valence-corrected chi connectivity index (χ0v) is 11.2. The molecule has 2 N–H and O–H groups in total. The minimum absolute atomic E-state index is 0.106. The van der Waals surface area contributed by atoms with E-state index in [1.807, 2.05) is 0 Å². The highest BCUT2D eigenvalue weighted by Crippen LogP contribution is 2.28. The molecule has 8 heteroatoms. The van der Waals surface area contributed by atoms with Gasteiger partial charge in [0, 0.05) is 6.54 Å². The first-order valence-electron chi connectivity index (χ1n) is 5.98. The van der Waals surface area contributed by atoms with E-state index in [4.69, 9.17) is 15.7 Å². The summed E-state index contributed by atoms with van der Waals surface area (Å²) in [6.07, 6.45) is -5.11. The van der Waals surface area contributed by atoms with Crippen LogP contribution in [0, 0.1) is 11.3 Å². The van der Waals surface area contributed by atoms with Gasteiger partial charge in [-0.15, -0.1) is 13.2 Å². The summed E-state index contributed by atoms with van der Waals surface area (Å²) in [5.41, 5.74) is 5.82. The standard InChI is InChI=1S/C13H13F3N2O3/c1-2-20-12(19)5-11-8(6-17)3-10(4-9(11)7-18)21-13(14,15)16/h3-4H,2,5-6,17H2,1H3. The maximum atomic E-state index is 12.2. The molecule has 0 saturated heterocycles. The number of ether oxygens (including phenoxy) is 2. The van der Waals surface area contributed by atoms with Crippen LogP contribution in [-0.2, 0) is 22.5 Å². The maximum Gasteiger partial charge on any atom is 0.573 e. The predicted molar refractivity (Wildman–Crippen MR) is 66.1 cm³/mol. The van der Waals surface area contributed by atoms with Gasteiger partial charge >= 0.3 is 12.3 Å². The Labute approximate surface area is 119 Å². The number of carbonyl (C=O) groups excluding carboxylic acids is 1. The van der Waals surface area contributed by atoms with Crippen molar-refractivity contribution >= 4 is 5.97 Å². The summed E-state index contributed by atoms with van der Waals surface area (Å²) in [7, 11) is 0. The van der Waals surface area contributed by atoms with Crippen molar-refractivity contribution in [3.8, 4) is 11.8 Å². The second-order valence-electron chi connectivity index (χ2n) is 3.95. The van der Waals surface area contributed by atoms with E-state index in [-0.39, 0.29) is 36.3 Å². The Balaban J connectivity index is 3.19. The highest BCUT2D eigenvalue weighted by Gasteiger charge is 2.31. The summed E-state index contributed by atoms with van der Waals surface area (Å²) in [5.74, 6) is -1.14. The summed E-state index contributed by atoms with van der Waals surface area (Å²) in [5, 5.41) is 9.02. The van der Waals surface area contributed by atoms with Gasteiger partial charge in [-0.2, -0.15) is 5.26 Å². The number of carbonyl (C=O) groups is 1. The van der Waals surface area contributed by atoms with Crippen LogP contribution in [-0.4, -0.2) is 18.9 Å². The summed E-state index contributed by atoms with van der Waals surface area (Å²) >= 11 is 0. The lowest BCUT2D eigenvalue weighted by Crippen LogP contribution is -2.18. The minimum atomic E-state index is -4.87. The maximum absolute atomic E-state index is 12.2. The fourth-order valence-electron chi connectivity index (χ4n) is 1.74. The van der Waals surface area contributed by atoms with E-state index in [0.29, 0.717) is 0 Å². The van der Waals surface area contributed by atoms with Gasteiger partial charge in [0.1, 0.15) is 5.75 Å². The third-order valence-corrected chi connectivity index (χ3v) is 2.52. The van der Waals surface area contributed by atoms with E-state index in [0.717, 1.165) is 12.1 Å². The zero-order chi connectivity index (χ0) is 16.0. The van der Waals surface area contributed by atoms with Gasteiger partial charge < -0.3 is 15.2 Å². The third-order valence-electron chi connectivity index (χ3n) is 2.52. The Kier molecular flexibility index (Phi) is 5.55. The third kappa shape index (κ3) is 4.96. The van der Waals surface area contributed by atoms with Gasteiger partial charge in [0.15, 0.2) is 0 Å². The van der Waals surface area contributed by atoms with Gasteiger partial charge in [0.05, 0.1) is 24.7 Å². The molecule has 0 aliphatic rings. The average Bonchev–Trinajstić information content (AvgIpc) is 2.38. The molecule has 0 heterocycles. The number of hydrogen-bond acceptors (Lipinski definition) is 5. The summed E-state index contributed by atoms with van der Waals surface area (Å²) in [6.45, 7) is 1.64. The molecule has 0 atom stereocenters. The van der Waals surface area contributed by atoms with E-state index in [1.54, 1.807) is 13.0 Å².